The molecule has 0 aromatic rings. The van der Waals surface area contributed by atoms with Gasteiger partial charge in [0.15, 0.2) is 0 Å². The van der Waals surface area contributed by atoms with Gasteiger partial charge in [0.05, 0.1) is 5.92 Å². The second-order valence-electron chi connectivity index (χ2n) is 10.4. The van der Waals surface area contributed by atoms with E-state index in [0.717, 1.165) is 32.5 Å². The summed E-state index contributed by atoms with van der Waals surface area (Å²) in [6, 6.07) is 0. The second-order valence-corrected chi connectivity index (χ2v) is 10.4. The standard InChI is InChI=1S/C26H46N2O2/c1-5-7-14-28(15-8-6-2)16-10-13-27-19-22-21-17-23-20(3)11-9-12-26(23,4)18-24(21)30-25(22)29/h17,20-22,24,27H,5-16,18-19H2,1-4H3/t20-,21+,22?,24+,26+/m0/s1. The van der Waals surface area contributed by atoms with Crippen LogP contribution in [-0.4, -0.2) is 49.7 Å². The summed E-state index contributed by atoms with van der Waals surface area (Å²) in [7, 11) is 0. The first kappa shape index (κ1) is 23.8. The third-order valence-electron chi connectivity index (χ3n) is 7.93. The largest absolute Gasteiger partial charge is 0.461 e. The summed E-state index contributed by atoms with van der Waals surface area (Å²) in [5.74, 6) is 0.958. The fourth-order valence-corrected chi connectivity index (χ4v) is 6.07. The summed E-state index contributed by atoms with van der Waals surface area (Å²) in [6.07, 6.45) is 13.7. The Kier molecular flexibility index (Phi) is 8.82. The number of ether oxygens (including phenoxy) is 1. The molecule has 4 nitrogen and oxygen atoms in total. The topological polar surface area (TPSA) is 41.6 Å². The minimum Gasteiger partial charge on any atom is -0.461 e. The molecule has 1 N–H and O–H groups in total. The molecule has 0 bridgehead atoms. The lowest BCUT2D eigenvalue weighted by Crippen LogP contribution is -2.40. The first-order valence-electron chi connectivity index (χ1n) is 12.8. The van der Waals surface area contributed by atoms with Gasteiger partial charge in [0, 0.05) is 12.5 Å². The number of carbonyl (C=O) groups is 1. The molecule has 2 aliphatic carbocycles. The molecule has 0 amide bonds. The van der Waals surface area contributed by atoms with Crippen LogP contribution in [0.3, 0.4) is 0 Å². The van der Waals surface area contributed by atoms with Crippen LogP contribution in [0, 0.1) is 23.2 Å². The first-order chi connectivity index (χ1) is 14.5. The molecule has 2 fully saturated rings. The molecular formula is C26H46N2O2. The lowest BCUT2D eigenvalue weighted by molar-refractivity contribution is -0.145. The van der Waals surface area contributed by atoms with Crippen molar-refractivity contribution in [1.82, 2.24) is 10.2 Å². The lowest BCUT2D eigenvalue weighted by Gasteiger charge is -2.46. The number of unbranched alkanes of at least 4 members (excludes halogenated alkanes) is 2. The maximum Gasteiger partial charge on any atom is 0.311 e. The zero-order valence-electron chi connectivity index (χ0n) is 20.0. The van der Waals surface area contributed by atoms with E-state index in [2.05, 4.69) is 44.0 Å². The van der Waals surface area contributed by atoms with E-state index in [9.17, 15) is 4.79 Å². The predicted octanol–water partition coefficient (Wildman–Crippen LogP) is 5.18. The van der Waals surface area contributed by atoms with Crippen molar-refractivity contribution < 1.29 is 9.53 Å². The highest BCUT2D eigenvalue weighted by atomic mass is 16.6. The highest BCUT2D eigenvalue weighted by Gasteiger charge is 2.51. The van der Waals surface area contributed by atoms with Crippen LogP contribution in [0.1, 0.15) is 85.5 Å². The third kappa shape index (κ3) is 5.68. The first-order valence-corrected chi connectivity index (χ1v) is 12.8. The molecule has 0 spiro atoms. The Morgan fingerprint density at radius 1 is 1.17 bits per heavy atom. The fraction of sp³-hybridized carbons (Fsp3) is 0.885. The van der Waals surface area contributed by atoms with E-state index in [-0.39, 0.29) is 29.3 Å². The molecule has 3 rings (SSSR count). The fourth-order valence-electron chi connectivity index (χ4n) is 6.07. The molecule has 0 aromatic heterocycles. The van der Waals surface area contributed by atoms with Crippen LogP contribution >= 0.6 is 0 Å². The van der Waals surface area contributed by atoms with E-state index in [1.807, 2.05) is 0 Å². The van der Waals surface area contributed by atoms with Crippen LogP contribution in [0.2, 0.25) is 0 Å². The SMILES string of the molecule is CCCCN(CCCC)CCCNCC1C(=O)O[C@@H]2C[C@@]3(C)CCC[C@H](C)C3=C[C@H]12. The van der Waals surface area contributed by atoms with Gasteiger partial charge in [-0.2, -0.15) is 0 Å². The minimum atomic E-state index is -0.00235. The number of hydrogen-bond acceptors (Lipinski definition) is 4. The molecule has 3 aliphatic rings. The van der Waals surface area contributed by atoms with Gasteiger partial charge >= 0.3 is 5.97 Å². The summed E-state index contributed by atoms with van der Waals surface area (Å²) < 4.78 is 5.88. The normalized spacial score (nSPS) is 33.2. The maximum atomic E-state index is 12.6. The Morgan fingerprint density at radius 2 is 1.87 bits per heavy atom. The van der Waals surface area contributed by atoms with Gasteiger partial charge in [-0.25, -0.2) is 0 Å². The van der Waals surface area contributed by atoms with E-state index in [1.165, 1.54) is 58.0 Å². The van der Waals surface area contributed by atoms with Crippen LogP contribution < -0.4 is 5.32 Å². The van der Waals surface area contributed by atoms with Gasteiger partial charge in [0.25, 0.3) is 0 Å². The summed E-state index contributed by atoms with van der Waals surface area (Å²) >= 11 is 0. The maximum absolute atomic E-state index is 12.6. The number of carbonyl (C=O) groups excluding carboxylic acids is 1. The van der Waals surface area contributed by atoms with Gasteiger partial charge in [-0.15, -0.1) is 0 Å². The molecule has 30 heavy (non-hydrogen) atoms. The summed E-state index contributed by atoms with van der Waals surface area (Å²) in [5, 5.41) is 3.59. The van der Waals surface area contributed by atoms with Crippen LogP contribution in [0.5, 0.6) is 0 Å². The van der Waals surface area contributed by atoms with Gasteiger partial charge in [-0.1, -0.05) is 58.6 Å². The van der Waals surface area contributed by atoms with Gasteiger partial charge in [0.2, 0.25) is 0 Å². The van der Waals surface area contributed by atoms with Crippen molar-refractivity contribution in [3.63, 3.8) is 0 Å². The Hall–Kier alpha value is -0.870. The highest BCUT2D eigenvalue weighted by Crippen LogP contribution is 2.53. The van der Waals surface area contributed by atoms with Crippen LogP contribution in [-0.2, 0) is 9.53 Å². The van der Waals surface area contributed by atoms with Crippen LogP contribution in [0.15, 0.2) is 11.6 Å². The quantitative estimate of drug-likeness (QED) is 0.269. The smallest absolute Gasteiger partial charge is 0.311 e. The number of esters is 1. The predicted molar refractivity (Wildman–Crippen MR) is 124 cm³/mol. The van der Waals surface area contributed by atoms with Gasteiger partial charge in [-0.05, 0) is 76.0 Å². The number of nitrogens with one attached hydrogen (secondary N) is 1. The van der Waals surface area contributed by atoms with Crippen molar-refractivity contribution in [2.75, 3.05) is 32.7 Å². The number of rotatable bonds is 12. The van der Waals surface area contributed by atoms with Gasteiger partial charge in [0.1, 0.15) is 6.10 Å². The zero-order valence-corrected chi connectivity index (χ0v) is 20.0. The van der Waals surface area contributed by atoms with Crippen molar-refractivity contribution in [3.05, 3.63) is 11.6 Å². The van der Waals surface area contributed by atoms with Crippen molar-refractivity contribution in [2.24, 2.45) is 23.2 Å². The summed E-state index contributed by atoms with van der Waals surface area (Å²) in [6.45, 7) is 14.7. The molecule has 0 aromatic carbocycles. The van der Waals surface area contributed by atoms with E-state index in [0.29, 0.717) is 5.92 Å². The lowest BCUT2D eigenvalue weighted by atomic mass is 9.59. The molecule has 1 aliphatic heterocycles. The van der Waals surface area contributed by atoms with E-state index in [1.54, 1.807) is 5.57 Å². The van der Waals surface area contributed by atoms with Gasteiger partial charge < -0.3 is 15.0 Å². The monoisotopic (exact) mass is 418 g/mol. The zero-order chi connectivity index (χ0) is 21.6. The average molecular weight is 419 g/mol. The highest BCUT2D eigenvalue weighted by molar-refractivity contribution is 5.76. The van der Waals surface area contributed by atoms with Crippen molar-refractivity contribution in [3.8, 4) is 0 Å². The Balaban J connectivity index is 1.48. The average Bonchev–Trinajstić information content (AvgIpc) is 3.01. The Labute approximate surface area is 185 Å². The van der Waals surface area contributed by atoms with Crippen molar-refractivity contribution >= 4 is 5.97 Å². The minimum absolute atomic E-state index is 0.00235. The van der Waals surface area contributed by atoms with E-state index in [4.69, 9.17) is 4.74 Å². The molecule has 1 unspecified atom stereocenters. The van der Waals surface area contributed by atoms with E-state index < -0.39 is 0 Å². The van der Waals surface area contributed by atoms with Crippen LogP contribution in [0.4, 0.5) is 0 Å². The van der Waals surface area contributed by atoms with Crippen LogP contribution in [0.25, 0.3) is 0 Å². The number of hydrogen-bond donors (Lipinski definition) is 1. The van der Waals surface area contributed by atoms with Crippen molar-refractivity contribution in [1.29, 1.82) is 0 Å². The molecule has 1 saturated heterocycles. The molecule has 172 valence electrons. The molecule has 0 radical (unpaired) electrons. The second kappa shape index (κ2) is 11.1. The Bertz CT molecular complexity index is 582. The third-order valence-corrected chi connectivity index (χ3v) is 7.93. The number of allylic oxidation sites excluding steroid dienone is 1. The molecule has 1 saturated carbocycles. The summed E-state index contributed by atoms with van der Waals surface area (Å²) in [5.41, 5.74) is 1.86. The molecular weight excluding hydrogens is 372 g/mol. The number of fused-ring (bicyclic) bond motifs is 2. The van der Waals surface area contributed by atoms with E-state index >= 15 is 0 Å². The van der Waals surface area contributed by atoms with Gasteiger partial charge in [-0.3, -0.25) is 4.79 Å². The molecule has 4 heteroatoms. The summed E-state index contributed by atoms with van der Waals surface area (Å²) in [4.78, 5) is 15.3. The Morgan fingerprint density at radius 3 is 2.57 bits per heavy atom. The van der Waals surface area contributed by atoms with Crippen molar-refractivity contribution in [2.45, 2.75) is 91.6 Å². The molecule has 5 atom stereocenters. The molecule has 1 heterocycles. The number of nitrogens with zero attached hydrogens (tertiary/aromatic N) is 1.